The van der Waals surface area contributed by atoms with Gasteiger partial charge in [-0.3, -0.25) is 14.7 Å². The number of likely N-dealkylation sites (N-methyl/N-ethyl adjacent to an activating group) is 1. The smallest absolute Gasteiger partial charge is 0.251 e. The molecule has 2 aliphatic heterocycles. The minimum atomic E-state index is -0.387. The van der Waals surface area contributed by atoms with Gasteiger partial charge in [-0.15, -0.1) is 0 Å². The normalized spacial score (nSPS) is 26.5. The number of carbonyl (C=O) groups is 1. The van der Waals surface area contributed by atoms with Gasteiger partial charge in [0.05, 0.1) is 24.4 Å². The summed E-state index contributed by atoms with van der Waals surface area (Å²) in [6.45, 7) is 3.20. The van der Waals surface area contributed by atoms with Crippen LogP contribution in [0.2, 0.25) is 0 Å². The van der Waals surface area contributed by atoms with Crippen LogP contribution in [0.4, 0.5) is 0 Å². The van der Waals surface area contributed by atoms with Crippen LogP contribution in [-0.4, -0.2) is 47.0 Å². The molecule has 2 fully saturated rings. The number of nitrogens with zero attached hydrogens (tertiary/aromatic N) is 3. The van der Waals surface area contributed by atoms with Gasteiger partial charge in [-0.05, 0) is 42.0 Å². The second-order valence-corrected chi connectivity index (χ2v) is 8.53. The summed E-state index contributed by atoms with van der Waals surface area (Å²) in [5.41, 5.74) is 3.50. The molecule has 0 bridgehead atoms. The number of benzene rings is 1. The maximum atomic E-state index is 13.1. The largest absolute Gasteiger partial charge is 0.366 e. The lowest BCUT2D eigenvalue weighted by Crippen LogP contribution is -2.44. The second kappa shape index (κ2) is 6.98. The maximum Gasteiger partial charge on any atom is 0.251 e. The average Bonchev–Trinajstić information content (AvgIpc) is 3.34. The van der Waals surface area contributed by atoms with Gasteiger partial charge in [-0.2, -0.15) is 0 Å². The Morgan fingerprint density at radius 2 is 2.07 bits per heavy atom. The third-order valence-electron chi connectivity index (χ3n) is 6.48. The summed E-state index contributed by atoms with van der Waals surface area (Å²) in [5.74, 6) is 0.867. The van der Waals surface area contributed by atoms with Crippen molar-refractivity contribution in [1.82, 2.24) is 14.8 Å². The molecule has 2 atom stereocenters. The first kappa shape index (κ1) is 17.8. The first-order valence-electron chi connectivity index (χ1n) is 10.3. The van der Waals surface area contributed by atoms with Crippen LogP contribution < -0.4 is 0 Å². The van der Waals surface area contributed by atoms with Crippen molar-refractivity contribution in [1.29, 1.82) is 0 Å². The van der Waals surface area contributed by atoms with Crippen molar-refractivity contribution >= 4 is 5.91 Å². The number of hydrogen-bond donors (Lipinski definition) is 0. The van der Waals surface area contributed by atoms with Crippen LogP contribution in [0.5, 0.6) is 0 Å². The predicted molar refractivity (Wildman–Crippen MR) is 106 cm³/mol. The highest BCUT2D eigenvalue weighted by molar-refractivity contribution is 5.81. The van der Waals surface area contributed by atoms with Gasteiger partial charge in [-0.25, -0.2) is 0 Å². The standard InChI is InChI=1S/C23H27N3O2/c1-25(15-19-7-4-5-11-24-19)22(27)21-12-23(16-28-21)20-8-3-2-6-18(20)14-26(23)13-17-9-10-17/h2-8,11,17,21H,9-10,12-16H2,1H3/t21-,23-/m0/s1. The number of aromatic nitrogens is 1. The highest BCUT2D eigenvalue weighted by atomic mass is 16.5. The van der Waals surface area contributed by atoms with E-state index in [9.17, 15) is 4.79 Å². The average molecular weight is 377 g/mol. The highest BCUT2D eigenvalue weighted by Gasteiger charge is 2.53. The summed E-state index contributed by atoms with van der Waals surface area (Å²) >= 11 is 0. The molecule has 1 aliphatic carbocycles. The van der Waals surface area contributed by atoms with E-state index in [4.69, 9.17) is 4.74 Å². The minimum Gasteiger partial charge on any atom is -0.366 e. The summed E-state index contributed by atoms with van der Waals surface area (Å²) < 4.78 is 6.15. The van der Waals surface area contributed by atoms with Gasteiger partial charge < -0.3 is 9.64 Å². The Morgan fingerprint density at radius 1 is 1.25 bits per heavy atom. The van der Waals surface area contributed by atoms with E-state index in [1.54, 1.807) is 11.1 Å². The first-order valence-corrected chi connectivity index (χ1v) is 10.3. The Hall–Kier alpha value is -2.24. The molecule has 0 N–H and O–H groups in total. The summed E-state index contributed by atoms with van der Waals surface area (Å²) in [6.07, 6.45) is 4.78. The Bertz CT molecular complexity index is 867. The maximum absolute atomic E-state index is 13.1. The quantitative estimate of drug-likeness (QED) is 0.804. The number of pyridine rings is 1. The molecule has 0 unspecified atom stereocenters. The van der Waals surface area contributed by atoms with E-state index in [0.29, 0.717) is 13.2 Å². The van der Waals surface area contributed by atoms with Gasteiger partial charge in [0, 0.05) is 32.8 Å². The fraction of sp³-hybridized carbons (Fsp3) is 0.478. The Morgan fingerprint density at radius 3 is 2.86 bits per heavy atom. The zero-order valence-corrected chi connectivity index (χ0v) is 16.4. The number of ether oxygens (including phenoxy) is 1. The lowest BCUT2D eigenvalue weighted by atomic mass is 9.86. The molecule has 1 aromatic heterocycles. The number of hydrogen-bond acceptors (Lipinski definition) is 4. The third-order valence-corrected chi connectivity index (χ3v) is 6.48. The van der Waals surface area contributed by atoms with Crippen molar-refractivity contribution in [3.8, 4) is 0 Å². The van der Waals surface area contributed by atoms with Gasteiger partial charge in [0.2, 0.25) is 0 Å². The molecule has 0 radical (unpaired) electrons. The van der Waals surface area contributed by atoms with E-state index in [0.717, 1.165) is 31.1 Å². The molecular weight excluding hydrogens is 350 g/mol. The number of amides is 1. The molecule has 5 nitrogen and oxygen atoms in total. The number of fused-ring (bicyclic) bond motifs is 2. The fourth-order valence-electron chi connectivity index (χ4n) is 4.78. The molecule has 146 valence electrons. The molecule has 1 aromatic carbocycles. The zero-order chi connectivity index (χ0) is 19.1. The van der Waals surface area contributed by atoms with Crippen LogP contribution in [-0.2, 0) is 28.2 Å². The molecule has 1 saturated carbocycles. The summed E-state index contributed by atoms with van der Waals surface area (Å²) in [4.78, 5) is 21.8. The molecule has 28 heavy (non-hydrogen) atoms. The minimum absolute atomic E-state index is 0.0540. The SMILES string of the molecule is CN(Cc1ccccn1)C(=O)[C@@H]1C[C@]2(CO1)c1ccccc1CN2CC1CC1. The van der Waals surface area contributed by atoms with Crippen molar-refractivity contribution in [3.05, 3.63) is 65.5 Å². The van der Waals surface area contributed by atoms with Crippen LogP contribution >= 0.6 is 0 Å². The van der Waals surface area contributed by atoms with E-state index in [-0.39, 0.29) is 17.6 Å². The van der Waals surface area contributed by atoms with Crippen LogP contribution in [0.1, 0.15) is 36.1 Å². The van der Waals surface area contributed by atoms with Crippen LogP contribution in [0, 0.1) is 5.92 Å². The summed E-state index contributed by atoms with van der Waals surface area (Å²) in [7, 11) is 1.84. The molecular formula is C23H27N3O2. The summed E-state index contributed by atoms with van der Waals surface area (Å²) in [6, 6.07) is 14.5. The van der Waals surface area contributed by atoms with E-state index in [1.807, 2.05) is 25.2 Å². The molecule has 5 rings (SSSR count). The van der Waals surface area contributed by atoms with Gasteiger partial charge in [0.1, 0.15) is 6.10 Å². The van der Waals surface area contributed by atoms with Crippen molar-refractivity contribution in [2.75, 3.05) is 20.2 Å². The van der Waals surface area contributed by atoms with E-state index >= 15 is 0 Å². The Kier molecular flexibility index (Phi) is 4.44. The number of rotatable bonds is 5. The van der Waals surface area contributed by atoms with E-state index < -0.39 is 0 Å². The predicted octanol–water partition coefficient (Wildman–Crippen LogP) is 2.95. The van der Waals surface area contributed by atoms with Crippen molar-refractivity contribution in [2.24, 2.45) is 5.92 Å². The van der Waals surface area contributed by atoms with Gasteiger partial charge >= 0.3 is 0 Å². The molecule has 1 saturated heterocycles. The van der Waals surface area contributed by atoms with Gasteiger partial charge in [0.25, 0.3) is 5.91 Å². The zero-order valence-electron chi connectivity index (χ0n) is 16.4. The van der Waals surface area contributed by atoms with Crippen LogP contribution in [0.3, 0.4) is 0 Å². The molecule has 3 heterocycles. The molecule has 2 aromatic rings. The van der Waals surface area contributed by atoms with Crippen LogP contribution in [0.25, 0.3) is 0 Å². The fourth-order valence-corrected chi connectivity index (χ4v) is 4.78. The van der Waals surface area contributed by atoms with E-state index in [1.165, 1.54) is 24.0 Å². The molecule has 1 amide bonds. The second-order valence-electron chi connectivity index (χ2n) is 8.53. The lowest BCUT2D eigenvalue weighted by Gasteiger charge is -2.35. The topological polar surface area (TPSA) is 45.7 Å². The molecule has 1 spiro atoms. The number of carbonyl (C=O) groups excluding carboxylic acids is 1. The molecule has 3 aliphatic rings. The van der Waals surface area contributed by atoms with Gasteiger partial charge in [-0.1, -0.05) is 30.3 Å². The van der Waals surface area contributed by atoms with Gasteiger partial charge in [0.15, 0.2) is 0 Å². The first-order chi connectivity index (χ1) is 13.7. The van der Waals surface area contributed by atoms with Crippen molar-refractivity contribution in [3.63, 3.8) is 0 Å². The van der Waals surface area contributed by atoms with E-state index in [2.05, 4.69) is 34.1 Å². The summed E-state index contributed by atoms with van der Waals surface area (Å²) in [5, 5.41) is 0. The Labute approximate surface area is 166 Å². The van der Waals surface area contributed by atoms with Crippen LogP contribution in [0.15, 0.2) is 48.7 Å². The monoisotopic (exact) mass is 377 g/mol. The van der Waals surface area contributed by atoms with Crippen molar-refractivity contribution < 1.29 is 9.53 Å². The highest BCUT2D eigenvalue weighted by Crippen LogP contribution is 2.48. The Balaban J connectivity index is 1.34. The third kappa shape index (κ3) is 3.12. The molecule has 5 heteroatoms. The lowest BCUT2D eigenvalue weighted by molar-refractivity contribution is -0.140. The van der Waals surface area contributed by atoms with Crippen molar-refractivity contribution in [2.45, 2.75) is 44.0 Å².